The van der Waals surface area contributed by atoms with Crippen molar-refractivity contribution in [2.75, 3.05) is 6.61 Å². The lowest BCUT2D eigenvalue weighted by atomic mass is 10.1. The molecule has 1 aliphatic heterocycles. The summed E-state index contributed by atoms with van der Waals surface area (Å²) in [5.74, 6) is 5.78. The van der Waals surface area contributed by atoms with Gasteiger partial charge in [0, 0.05) is 18.3 Å². The highest BCUT2D eigenvalue weighted by atomic mass is 127. The Morgan fingerprint density at radius 3 is 2.81 bits per heavy atom. The van der Waals surface area contributed by atoms with Crippen LogP contribution in [0.1, 0.15) is 18.9 Å². The molecule has 1 aromatic carbocycles. The molecule has 0 bridgehead atoms. The topological polar surface area (TPSA) is 36.3 Å². The van der Waals surface area contributed by atoms with Crippen LogP contribution >= 0.6 is 22.6 Å². The first kappa shape index (κ1) is 15.9. The van der Waals surface area contributed by atoms with Crippen molar-refractivity contribution in [3.8, 4) is 17.9 Å². The Kier molecular flexibility index (Phi) is 6.10. The van der Waals surface area contributed by atoms with E-state index in [1.54, 1.807) is 6.92 Å². The molecule has 0 aromatic heterocycles. The molecule has 21 heavy (non-hydrogen) atoms. The van der Waals surface area contributed by atoms with Crippen molar-refractivity contribution in [2.45, 2.75) is 30.0 Å². The summed E-state index contributed by atoms with van der Waals surface area (Å²) in [6.45, 7) is 2.96. The Morgan fingerprint density at radius 2 is 2.14 bits per heavy atom. The zero-order valence-electron chi connectivity index (χ0n) is 11.9. The van der Waals surface area contributed by atoms with E-state index in [9.17, 15) is 5.26 Å². The van der Waals surface area contributed by atoms with Gasteiger partial charge in [0.1, 0.15) is 12.8 Å². The summed E-state index contributed by atoms with van der Waals surface area (Å²) < 4.78 is 6.14. The fourth-order valence-corrected chi connectivity index (χ4v) is 3.34. The zero-order chi connectivity index (χ0) is 15.1. The van der Waals surface area contributed by atoms with Crippen LogP contribution in [0.5, 0.6) is 0 Å². The molecule has 108 valence electrons. The first-order chi connectivity index (χ1) is 10.2. The second-order valence-electron chi connectivity index (χ2n) is 4.77. The standard InChI is InChI=1S/C17H17IN2O/c1-2-3-9-21-17-16(18)10-15(11-19)13-20(17)12-14-7-5-4-6-8-14/h4-8,13,16-17H,9-10,12H2,1H3/t16-,17+/m0/s1. The molecule has 2 rings (SSSR count). The average molecular weight is 392 g/mol. The predicted molar refractivity (Wildman–Crippen MR) is 91.3 cm³/mol. The lowest BCUT2D eigenvalue weighted by Gasteiger charge is -2.37. The molecule has 1 aromatic rings. The van der Waals surface area contributed by atoms with Crippen molar-refractivity contribution < 1.29 is 4.74 Å². The summed E-state index contributed by atoms with van der Waals surface area (Å²) in [7, 11) is 0. The smallest absolute Gasteiger partial charge is 0.143 e. The highest BCUT2D eigenvalue weighted by Crippen LogP contribution is 2.29. The number of rotatable bonds is 4. The number of ether oxygens (including phenoxy) is 1. The zero-order valence-corrected chi connectivity index (χ0v) is 14.1. The van der Waals surface area contributed by atoms with Gasteiger partial charge in [0.2, 0.25) is 0 Å². The highest BCUT2D eigenvalue weighted by Gasteiger charge is 2.30. The third-order valence-corrected chi connectivity index (χ3v) is 4.28. The monoisotopic (exact) mass is 392 g/mol. The van der Waals surface area contributed by atoms with Crippen LogP contribution in [0.25, 0.3) is 0 Å². The summed E-state index contributed by atoms with van der Waals surface area (Å²) in [5.41, 5.74) is 2.00. The number of halogens is 1. The molecule has 0 saturated carbocycles. The van der Waals surface area contributed by atoms with Gasteiger partial charge in [0.15, 0.2) is 0 Å². The van der Waals surface area contributed by atoms with E-state index in [0.29, 0.717) is 6.61 Å². The maximum absolute atomic E-state index is 9.18. The summed E-state index contributed by atoms with van der Waals surface area (Å²) in [6, 6.07) is 12.5. The van der Waals surface area contributed by atoms with Crippen LogP contribution in [0, 0.1) is 23.2 Å². The first-order valence-electron chi connectivity index (χ1n) is 6.80. The SMILES string of the molecule is CC#CCO[C@@H]1[C@@H](I)CC(C#N)=CN1Cc1ccccc1. The van der Waals surface area contributed by atoms with Gasteiger partial charge in [0.05, 0.1) is 9.99 Å². The van der Waals surface area contributed by atoms with Gasteiger partial charge >= 0.3 is 0 Å². The molecule has 0 unspecified atom stereocenters. The van der Waals surface area contributed by atoms with E-state index >= 15 is 0 Å². The van der Waals surface area contributed by atoms with Gasteiger partial charge in [-0.25, -0.2) is 0 Å². The van der Waals surface area contributed by atoms with Gasteiger partial charge < -0.3 is 9.64 Å². The molecule has 0 N–H and O–H groups in total. The van der Waals surface area contributed by atoms with Crippen LogP contribution in [-0.4, -0.2) is 21.7 Å². The van der Waals surface area contributed by atoms with Gasteiger partial charge in [-0.05, 0) is 18.9 Å². The van der Waals surface area contributed by atoms with E-state index < -0.39 is 0 Å². The second kappa shape index (κ2) is 8.07. The van der Waals surface area contributed by atoms with Gasteiger partial charge in [-0.1, -0.05) is 58.8 Å². The third-order valence-electron chi connectivity index (χ3n) is 3.23. The molecule has 1 heterocycles. The summed E-state index contributed by atoms with van der Waals surface area (Å²) >= 11 is 2.36. The summed E-state index contributed by atoms with van der Waals surface area (Å²) in [6.07, 6.45) is 2.61. The molecule has 0 radical (unpaired) electrons. The Morgan fingerprint density at radius 1 is 1.38 bits per heavy atom. The number of nitrogens with zero attached hydrogens (tertiary/aromatic N) is 2. The molecule has 3 nitrogen and oxygen atoms in total. The molecule has 4 heteroatoms. The number of hydrogen-bond donors (Lipinski definition) is 0. The second-order valence-corrected chi connectivity index (χ2v) is 6.37. The fourth-order valence-electron chi connectivity index (χ4n) is 2.25. The highest BCUT2D eigenvalue weighted by molar-refractivity contribution is 14.1. The van der Waals surface area contributed by atoms with Gasteiger partial charge in [-0.3, -0.25) is 0 Å². The van der Waals surface area contributed by atoms with Crippen molar-refractivity contribution in [1.29, 1.82) is 5.26 Å². The van der Waals surface area contributed by atoms with Crippen LogP contribution in [0.2, 0.25) is 0 Å². The molecule has 0 fully saturated rings. The fraction of sp³-hybridized carbons (Fsp3) is 0.353. The van der Waals surface area contributed by atoms with E-state index in [0.717, 1.165) is 18.5 Å². The molecule has 0 amide bonds. The molecule has 2 atom stereocenters. The Hall–Kier alpha value is -1.50. The minimum Gasteiger partial charge on any atom is -0.346 e. The molecule has 0 saturated heterocycles. The van der Waals surface area contributed by atoms with Gasteiger partial charge in [-0.2, -0.15) is 5.26 Å². The summed E-state index contributed by atoms with van der Waals surface area (Å²) in [4.78, 5) is 2.10. The Bertz CT molecular complexity index is 595. The quantitative estimate of drug-likeness (QED) is 0.447. The van der Waals surface area contributed by atoms with Crippen LogP contribution in [0.3, 0.4) is 0 Å². The normalized spacial score (nSPS) is 21.0. The van der Waals surface area contributed by atoms with E-state index in [-0.39, 0.29) is 10.2 Å². The third kappa shape index (κ3) is 4.49. The van der Waals surface area contributed by atoms with Crippen LogP contribution in [-0.2, 0) is 11.3 Å². The Balaban J connectivity index is 2.17. The van der Waals surface area contributed by atoms with Crippen LogP contribution < -0.4 is 0 Å². The molecular formula is C17H17IN2O. The van der Waals surface area contributed by atoms with Crippen molar-refractivity contribution in [3.63, 3.8) is 0 Å². The van der Waals surface area contributed by atoms with Crippen molar-refractivity contribution in [3.05, 3.63) is 47.7 Å². The minimum absolute atomic E-state index is 0.0521. The number of alkyl halides is 1. The molecule has 0 aliphatic carbocycles. The number of allylic oxidation sites excluding steroid dienone is 1. The largest absolute Gasteiger partial charge is 0.346 e. The number of benzene rings is 1. The van der Waals surface area contributed by atoms with E-state index in [2.05, 4.69) is 57.5 Å². The lowest BCUT2D eigenvalue weighted by molar-refractivity contribution is -0.0282. The first-order valence-corrected chi connectivity index (χ1v) is 8.05. The van der Waals surface area contributed by atoms with Crippen molar-refractivity contribution >= 4 is 22.6 Å². The van der Waals surface area contributed by atoms with E-state index in [4.69, 9.17) is 4.74 Å². The van der Waals surface area contributed by atoms with Gasteiger partial charge in [0.25, 0.3) is 0 Å². The minimum atomic E-state index is -0.0521. The van der Waals surface area contributed by atoms with E-state index in [1.165, 1.54) is 5.56 Å². The van der Waals surface area contributed by atoms with Crippen LogP contribution in [0.4, 0.5) is 0 Å². The summed E-state index contributed by atoms with van der Waals surface area (Å²) in [5, 5.41) is 9.18. The van der Waals surface area contributed by atoms with E-state index in [1.807, 2.05) is 24.4 Å². The van der Waals surface area contributed by atoms with Crippen molar-refractivity contribution in [1.82, 2.24) is 4.90 Å². The van der Waals surface area contributed by atoms with Crippen molar-refractivity contribution in [2.24, 2.45) is 0 Å². The molecule has 0 spiro atoms. The average Bonchev–Trinajstić information content (AvgIpc) is 2.50. The number of nitriles is 1. The predicted octanol–water partition coefficient (Wildman–Crippen LogP) is 3.47. The van der Waals surface area contributed by atoms with Gasteiger partial charge in [-0.15, -0.1) is 5.92 Å². The number of hydrogen-bond acceptors (Lipinski definition) is 3. The van der Waals surface area contributed by atoms with Crippen LogP contribution in [0.15, 0.2) is 42.1 Å². The maximum atomic E-state index is 9.18. The Labute approximate surface area is 139 Å². The molecular weight excluding hydrogens is 375 g/mol. The maximum Gasteiger partial charge on any atom is 0.143 e. The molecule has 1 aliphatic rings. The lowest BCUT2D eigenvalue weighted by Crippen LogP contribution is -2.43.